The maximum Gasteiger partial charge on any atom is 0.223 e. The fourth-order valence-corrected chi connectivity index (χ4v) is 1.56. The van der Waals surface area contributed by atoms with E-state index in [0.29, 0.717) is 17.2 Å². The Kier molecular flexibility index (Phi) is 2.01. The van der Waals surface area contributed by atoms with Gasteiger partial charge in [0.25, 0.3) is 0 Å². The summed E-state index contributed by atoms with van der Waals surface area (Å²) in [6.45, 7) is 0. The summed E-state index contributed by atoms with van der Waals surface area (Å²) in [7, 11) is 0. The number of rotatable bonds is 1. The fraction of sp³-hybridized carbons (Fsp3) is 0. The molecule has 0 amide bonds. The van der Waals surface area contributed by atoms with Gasteiger partial charge < -0.3 is 5.73 Å². The molecule has 17 heavy (non-hydrogen) atoms. The van der Waals surface area contributed by atoms with Crippen LogP contribution in [0.1, 0.15) is 0 Å². The molecule has 0 radical (unpaired) electrons. The third-order valence-electron chi connectivity index (χ3n) is 2.36. The number of fused-ring (bicyclic) bond motifs is 1. The first-order chi connectivity index (χ1) is 8.24. The van der Waals surface area contributed by atoms with Crippen LogP contribution in [0.2, 0.25) is 0 Å². The molecule has 0 spiro atoms. The summed E-state index contributed by atoms with van der Waals surface area (Å²) in [5.74, 6) is -0.294. The van der Waals surface area contributed by atoms with Gasteiger partial charge in [0.1, 0.15) is 0 Å². The van der Waals surface area contributed by atoms with Crippen LogP contribution in [0.5, 0.6) is 0 Å². The van der Waals surface area contributed by atoms with Crippen LogP contribution in [0.15, 0.2) is 36.7 Å². The predicted octanol–water partition coefficient (Wildman–Crippen LogP) is 1.51. The molecular weight excluding hydrogens is 221 g/mol. The molecule has 0 fully saturated rings. The monoisotopic (exact) mass is 229 g/mol. The molecule has 0 aliphatic heterocycles. The van der Waals surface area contributed by atoms with Crippen molar-refractivity contribution >= 4 is 11.3 Å². The Balaban J connectivity index is 2.22. The summed E-state index contributed by atoms with van der Waals surface area (Å²) < 4.78 is 15.0. The number of anilines is 1. The molecule has 3 heterocycles. The summed E-state index contributed by atoms with van der Waals surface area (Å²) in [5, 5.41) is 4.15. The van der Waals surface area contributed by atoms with Gasteiger partial charge in [0.15, 0.2) is 11.5 Å². The van der Waals surface area contributed by atoms with Crippen molar-refractivity contribution in [2.24, 2.45) is 0 Å². The Morgan fingerprint density at radius 1 is 1.29 bits per heavy atom. The van der Waals surface area contributed by atoms with Crippen molar-refractivity contribution in [3.05, 3.63) is 42.6 Å². The van der Waals surface area contributed by atoms with Crippen LogP contribution >= 0.6 is 0 Å². The van der Waals surface area contributed by atoms with Gasteiger partial charge in [-0.3, -0.25) is 0 Å². The minimum atomic E-state index is -0.587. The lowest BCUT2D eigenvalue weighted by molar-refractivity contribution is 0.586. The molecule has 0 atom stereocenters. The van der Waals surface area contributed by atoms with Gasteiger partial charge in [0.05, 0.1) is 5.56 Å². The van der Waals surface area contributed by atoms with E-state index in [1.54, 1.807) is 30.5 Å². The lowest BCUT2D eigenvalue weighted by Gasteiger charge is -1.94. The van der Waals surface area contributed by atoms with E-state index in [9.17, 15) is 4.39 Å². The van der Waals surface area contributed by atoms with E-state index in [1.165, 1.54) is 10.7 Å². The Hall–Kier alpha value is -2.50. The van der Waals surface area contributed by atoms with Crippen molar-refractivity contribution in [2.75, 3.05) is 5.73 Å². The maximum absolute atomic E-state index is 13.5. The van der Waals surface area contributed by atoms with Crippen molar-refractivity contribution < 1.29 is 4.39 Å². The quantitative estimate of drug-likeness (QED) is 0.642. The molecule has 0 aromatic carbocycles. The van der Waals surface area contributed by atoms with Gasteiger partial charge in [0, 0.05) is 24.1 Å². The summed E-state index contributed by atoms with van der Waals surface area (Å²) in [5.41, 5.74) is 7.07. The molecule has 0 aliphatic rings. The van der Waals surface area contributed by atoms with Crippen LogP contribution in [-0.2, 0) is 0 Å². The first kappa shape index (κ1) is 9.71. The number of halogens is 1. The molecule has 0 saturated carbocycles. The first-order valence-corrected chi connectivity index (χ1v) is 4.97. The van der Waals surface area contributed by atoms with E-state index in [0.717, 1.165) is 0 Å². The van der Waals surface area contributed by atoms with E-state index in [4.69, 9.17) is 5.73 Å². The smallest absolute Gasteiger partial charge is 0.223 e. The normalized spacial score (nSPS) is 10.9. The number of nitrogen functional groups attached to an aromatic ring is 1. The lowest BCUT2D eigenvalue weighted by Crippen LogP contribution is -1.91. The Labute approximate surface area is 95.7 Å². The zero-order chi connectivity index (χ0) is 11.8. The van der Waals surface area contributed by atoms with Crippen molar-refractivity contribution in [1.82, 2.24) is 19.6 Å². The zero-order valence-corrected chi connectivity index (χ0v) is 8.71. The Bertz CT molecular complexity index is 691. The van der Waals surface area contributed by atoms with Crippen molar-refractivity contribution in [1.29, 1.82) is 0 Å². The Morgan fingerprint density at radius 3 is 3.00 bits per heavy atom. The van der Waals surface area contributed by atoms with E-state index in [-0.39, 0.29) is 5.56 Å². The van der Waals surface area contributed by atoms with Crippen LogP contribution in [0, 0.1) is 5.95 Å². The number of hydrogen-bond donors (Lipinski definition) is 1. The molecule has 84 valence electrons. The predicted molar refractivity (Wildman–Crippen MR) is 60.6 cm³/mol. The molecule has 6 heteroatoms. The highest BCUT2D eigenvalue weighted by molar-refractivity contribution is 5.59. The van der Waals surface area contributed by atoms with Gasteiger partial charge >= 0.3 is 0 Å². The van der Waals surface area contributed by atoms with Crippen LogP contribution in [0.4, 0.5) is 10.1 Å². The largest absolute Gasteiger partial charge is 0.399 e. The molecular formula is C11H8FN5. The number of aromatic nitrogens is 4. The van der Waals surface area contributed by atoms with Crippen molar-refractivity contribution in [2.45, 2.75) is 0 Å². The average Bonchev–Trinajstić information content (AvgIpc) is 2.72. The maximum atomic E-state index is 13.5. The summed E-state index contributed by atoms with van der Waals surface area (Å²) in [6.07, 6.45) is 3.06. The van der Waals surface area contributed by atoms with Crippen molar-refractivity contribution in [3.63, 3.8) is 0 Å². The zero-order valence-electron chi connectivity index (χ0n) is 8.71. The molecule has 0 aliphatic carbocycles. The summed E-state index contributed by atoms with van der Waals surface area (Å²) in [4.78, 5) is 7.76. The van der Waals surface area contributed by atoms with Gasteiger partial charge in [-0.05, 0) is 18.2 Å². The SMILES string of the molecule is Nc1ccn2nc(-c3cccnc3F)nc2c1. The van der Waals surface area contributed by atoms with E-state index < -0.39 is 5.95 Å². The Morgan fingerprint density at radius 2 is 2.18 bits per heavy atom. The van der Waals surface area contributed by atoms with Gasteiger partial charge in [-0.25, -0.2) is 14.5 Å². The molecule has 0 unspecified atom stereocenters. The topological polar surface area (TPSA) is 69.1 Å². The number of nitrogens with two attached hydrogens (primary N) is 1. The lowest BCUT2D eigenvalue weighted by atomic mass is 10.3. The molecule has 0 saturated heterocycles. The fourth-order valence-electron chi connectivity index (χ4n) is 1.56. The molecule has 0 bridgehead atoms. The van der Waals surface area contributed by atoms with Gasteiger partial charge in [-0.2, -0.15) is 4.39 Å². The second-order valence-electron chi connectivity index (χ2n) is 3.54. The van der Waals surface area contributed by atoms with Gasteiger partial charge in [-0.15, -0.1) is 5.10 Å². The van der Waals surface area contributed by atoms with Crippen LogP contribution in [0.3, 0.4) is 0 Å². The highest BCUT2D eigenvalue weighted by Crippen LogP contribution is 2.18. The number of hydrogen-bond acceptors (Lipinski definition) is 4. The first-order valence-electron chi connectivity index (χ1n) is 4.97. The minimum absolute atomic E-state index is 0.273. The van der Waals surface area contributed by atoms with Crippen molar-refractivity contribution in [3.8, 4) is 11.4 Å². The standard InChI is InChI=1S/C11H8FN5/c12-10-8(2-1-4-14-10)11-15-9-6-7(13)3-5-17(9)16-11/h1-6H,13H2. The molecule has 3 aromatic rings. The third kappa shape index (κ3) is 1.59. The molecule has 5 nitrogen and oxygen atoms in total. The number of nitrogens with zero attached hydrogens (tertiary/aromatic N) is 4. The molecule has 3 rings (SSSR count). The third-order valence-corrected chi connectivity index (χ3v) is 2.36. The summed E-state index contributed by atoms with van der Waals surface area (Å²) in [6, 6.07) is 6.59. The van der Waals surface area contributed by atoms with Gasteiger partial charge in [-0.1, -0.05) is 0 Å². The second kappa shape index (κ2) is 3.51. The van der Waals surface area contributed by atoms with E-state index in [2.05, 4.69) is 15.1 Å². The van der Waals surface area contributed by atoms with Crippen LogP contribution in [-0.4, -0.2) is 19.6 Å². The summed E-state index contributed by atoms with van der Waals surface area (Å²) >= 11 is 0. The van der Waals surface area contributed by atoms with Gasteiger partial charge in [0.2, 0.25) is 5.95 Å². The highest BCUT2D eigenvalue weighted by Gasteiger charge is 2.11. The molecule has 2 N–H and O–H groups in total. The molecule has 3 aromatic heterocycles. The van der Waals surface area contributed by atoms with E-state index in [1.807, 2.05) is 0 Å². The van der Waals surface area contributed by atoms with Crippen LogP contribution < -0.4 is 5.73 Å². The minimum Gasteiger partial charge on any atom is -0.399 e. The average molecular weight is 229 g/mol. The number of pyridine rings is 2. The van der Waals surface area contributed by atoms with E-state index >= 15 is 0 Å². The second-order valence-corrected chi connectivity index (χ2v) is 3.54. The van der Waals surface area contributed by atoms with Crippen LogP contribution in [0.25, 0.3) is 17.0 Å². The highest BCUT2D eigenvalue weighted by atomic mass is 19.1.